The molecule has 0 aliphatic carbocycles. The van der Waals surface area contributed by atoms with Crippen molar-refractivity contribution >= 4 is 5.96 Å². The number of halogens is 3. The molecule has 1 aliphatic heterocycles. The SMILES string of the molecule is CN=C(NCCOc1ccccc1C)NC1CCN(CC(F)(F)F)C1. The van der Waals surface area contributed by atoms with Crippen LogP contribution in [0, 0.1) is 6.92 Å². The highest BCUT2D eigenvalue weighted by atomic mass is 19.4. The molecular formula is C17H25F3N4O. The second-order valence-electron chi connectivity index (χ2n) is 6.09. The number of likely N-dealkylation sites (tertiary alicyclic amines) is 1. The summed E-state index contributed by atoms with van der Waals surface area (Å²) in [7, 11) is 1.64. The largest absolute Gasteiger partial charge is 0.491 e. The van der Waals surface area contributed by atoms with Crippen LogP contribution in [0.2, 0.25) is 0 Å². The van der Waals surface area contributed by atoms with Gasteiger partial charge >= 0.3 is 6.18 Å². The van der Waals surface area contributed by atoms with Gasteiger partial charge in [0, 0.05) is 26.2 Å². The van der Waals surface area contributed by atoms with E-state index in [9.17, 15) is 13.2 Å². The molecule has 2 rings (SSSR count). The Balaban J connectivity index is 1.68. The molecule has 1 aromatic carbocycles. The number of rotatable bonds is 6. The van der Waals surface area contributed by atoms with Crippen molar-refractivity contribution in [2.24, 2.45) is 4.99 Å². The maximum atomic E-state index is 12.4. The van der Waals surface area contributed by atoms with Gasteiger partial charge in [-0.05, 0) is 25.0 Å². The fourth-order valence-electron chi connectivity index (χ4n) is 2.78. The van der Waals surface area contributed by atoms with Gasteiger partial charge in [-0.15, -0.1) is 0 Å². The number of alkyl halides is 3. The van der Waals surface area contributed by atoms with Gasteiger partial charge in [0.25, 0.3) is 0 Å². The van der Waals surface area contributed by atoms with Gasteiger partial charge in [0.05, 0.1) is 13.1 Å². The number of benzene rings is 1. The molecule has 2 N–H and O–H groups in total. The van der Waals surface area contributed by atoms with Crippen molar-refractivity contribution in [1.82, 2.24) is 15.5 Å². The molecular weight excluding hydrogens is 333 g/mol. The van der Waals surface area contributed by atoms with E-state index in [4.69, 9.17) is 4.74 Å². The molecule has 0 aromatic heterocycles. The van der Waals surface area contributed by atoms with Gasteiger partial charge in [-0.2, -0.15) is 13.2 Å². The van der Waals surface area contributed by atoms with E-state index in [1.165, 1.54) is 4.90 Å². The summed E-state index contributed by atoms with van der Waals surface area (Å²) in [5.41, 5.74) is 1.07. The Morgan fingerprint density at radius 1 is 1.36 bits per heavy atom. The number of guanidine groups is 1. The van der Waals surface area contributed by atoms with Crippen LogP contribution in [0.3, 0.4) is 0 Å². The lowest BCUT2D eigenvalue weighted by Crippen LogP contribution is -2.46. The third kappa shape index (κ3) is 6.81. The van der Waals surface area contributed by atoms with Crippen molar-refractivity contribution in [1.29, 1.82) is 0 Å². The van der Waals surface area contributed by atoms with E-state index in [1.807, 2.05) is 31.2 Å². The van der Waals surface area contributed by atoms with Gasteiger partial charge in [-0.3, -0.25) is 9.89 Å². The van der Waals surface area contributed by atoms with Gasteiger partial charge in [-0.25, -0.2) is 0 Å². The summed E-state index contributed by atoms with van der Waals surface area (Å²) >= 11 is 0. The smallest absolute Gasteiger partial charge is 0.401 e. The minimum atomic E-state index is -4.15. The maximum Gasteiger partial charge on any atom is 0.401 e. The molecule has 1 heterocycles. The van der Waals surface area contributed by atoms with Gasteiger partial charge in [0.1, 0.15) is 12.4 Å². The van der Waals surface area contributed by atoms with E-state index < -0.39 is 12.7 Å². The van der Waals surface area contributed by atoms with Crippen molar-refractivity contribution in [3.63, 3.8) is 0 Å². The number of para-hydroxylation sites is 1. The lowest BCUT2D eigenvalue weighted by Gasteiger charge is -2.20. The summed E-state index contributed by atoms with van der Waals surface area (Å²) in [4.78, 5) is 5.52. The molecule has 1 fully saturated rings. The monoisotopic (exact) mass is 358 g/mol. The van der Waals surface area contributed by atoms with Crippen LogP contribution in [0.15, 0.2) is 29.3 Å². The van der Waals surface area contributed by atoms with Crippen molar-refractivity contribution in [2.75, 3.05) is 39.8 Å². The second-order valence-corrected chi connectivity index (χ2v) is 6.09. The number of aliphatic imine (C=N–C) groups is 1. The van der Waals surface area contributed by atoms with E-state index in [0.29, 0.717) is 38.6 Å². The summed E-state index contributed by atoms with van der Waals surface area (Å²) < 4.78 is 43.0. The fraction of sp³-hybridized carbons (Fsp3) is 0.588. The highest BCUT2D eigenvalue weighted by molar-refractivity contribution is 5.80. The van der Waals surface area contributed by atoms with Crippen LogP contribution in [0.25, 0.3) is 0 Å². The van der Waals surface area contributed by atoms with Gasteiger partial charge in [-0.1, -0.05) is 18.2 Å². The average Bonchev–Trinajstić information content (AvgIpc) is 2.96. The van der Waals surface area contributed by atoms with Crippen LogP contribution in [0.4, 0.5) is 13.2 Å². The zero-order chi connectivity index (χ0) is 18.3. The molecule has 1 aliphatic rings. The van der Waals surface area contributed by atoms with Crippen LogP contribution in [-0.4, -0.2) is 62.9 Å². The summed E-state index contributed by atoms with van der Waals surface area (Å²) in [6, 6.07) is 7.73. The number of nitrogens with zero attached hydrogens (tertiary/aromatic N) is 2. The molecule has 0 saturated carbocycles. The number of hydrogen-bond donors (Lipinski definition) is 2. The lowest BCUT2D eigenvalue weighted by molar-refractivity contribution is -0.143. The molecule has 0 spiro atoms. The first-order valence-electron chi connectivity index (χ1n) is 8.32. The average molecular weight is 358 g/mol. The first-order chi connectivity index (χ1) is 11.9. The Morgan fingerprint density at radius 2 is 2.12 bits per heavy atom. The van der Waals surface area contributed by atoms with E-state index in [2.05, 4.69) is 15.6 Å². The predicted octanol–water partition coefficient (Wildman–Crippen LogP) is 2.18. The Bertz CT molecular complexity index is 577. The molecule has 0 radical (unpaired) electrons. The molecule has 0 bridgehead atoms. The van der Waals surface area contributed by atoms with E-state index in [-0.39, 0.29) is 6.04 Å². The summed E-state index contributed by atoms with van der Waals surface area (Å²) in [6.45, 7) is 2.94. The second kappa shape index (κ2) is 8.94. The standard InChI is InChI=1S/C17H25F3N4O/c1-13-5-3-4-6-15(13)25-10-8-22-16(21-2)23-14-7-9-24(11-14)12-17(18,19)20/h3-6,14H,7-12H2,1-2H3,(H2,21,22,23). The minimum absolute atomic E-state index is 0.0363. The number of hydrogen-bond acceptors (Lipinski definition) is 3. The third-order valence-electron chi connectivity index (χ3n) is 3.99. The van der Waals surface area contributed by atoms with E-state index in [1.54, 1.807) is 7.05 Å². The van der Waals surface area contributed by atoms with Crippen molar-refractivity contribution in [2.45, 2.75) is 25.6 Å². The van der Waals surface area contributed by atoms with Crippen LogP contribution in [0.1, 0.15) is 12.0 Å². The molecule has 0 amide bonds. The Hall–Kier alpha value is -1.96. The van der Waals surface area contributed by atoms with Crippen LogP contribution in [0.5, 0.6) is 5.75 Å². The maximum absolute atomic E-state index is 12.4. The summed E-state index contributed by atoms with van der Waals surface area (Å²) in [5.74, 6) is 1.41. The zero-order valence-electron chi connectivity index (χ0n) is 14.6. The van der Waals surface area contributed by atoms with Crippen molar-refractivity contribution < 1.29 is 17.9 Å². The quantitative estimate of drug-likeness (QED) is 0.465. The molecule has 1 saturated heterocycles. The molecule has 1 aromatic rings. The van der Waals surface area contributed by atoms with Crippen LogP contribution in [-0.2, 0) is 0 Å². The van der Waals surface area contributed by atoms with E-state index >= 15 is 0 Å². The van der Waals surface area contributed by atoms with Crippen molar-refractivity contribution in [3.8, 4) is 5.75 Å². The first kappa shape index (κ1) is 19.4. The predicted molar refractivity (Wildman–Crippen MR) is 92.1 cm³/mol. The highest BCUT2D eigenvalue weighted by Gasteiger charge is 2.34. The molecule has 1 atom stereocenters. The van der Waals surface area contributed by atoms with E-state index in [0.717, 1.165) is 11.3 Å². The lowest BCUT2D eigenvalue weighted by atomic mass is 10.2. The molecule has 1 unspecified atom stereocenters. The topological polar surface area (TPSA) is 48.9 Å². The summed E-state index contributed by atoms with van der Waals surface area (Å²) in [6.07, 6.45) is -3.49. The molecule has 25 heavy (non-hydrogen) atoms. The fourth-order valence-corrected chi connectivity index (χ4v) is 2.78. The van der Waals surface area contributed by atoms with Crippen LogP contribution < -0.4 is 15.4 Å². The first-order valence-corrected chi connectivity index (χ1v) is 8.32. The van der Waals surface area contributed by atoms with Gasteiger partial charge in [0.2, 0.25) is 0 Å². The van der Waals surface area contributed by atoms with Gasteiger partial charge < -0.3 is 15.4 Å². The van der Waals surface area contributed by atoms with Crippen LogP contribution >= 0.6 is 0 Å². The normalized spacial score (nSPS) is 19.1. The van der Waals surface area contributed by atoms with Gasteiger partial charge in [0.15, 0.2) is 5.96 Å². The Kier molecular flexibility index (Phi) is 6.92. The number of ether oxygens (including phenoxy) is 1. The number of aryl methyl sites for hydroxylation is 1. The molecule has 140 valence electrons. The highest BCUT2D eigenvalue weighted by Crippen LogP contribution is 2.20. The third-order valence-corrected chi connectivity index (χ3v) is 3.99. The van der Waals surface area contributed by atoms with Crippen molar-refractivity contribution in [3.05, 3.63) is 29.8 Å². The minimum Gasteiger partial charge on any atom is -0.491 e. The zero-order valence-corrected chi connectivity index (χ0v) is 14.6. The molecule has 5 nitrogen and oxygen atoms in total. The Morgan fingerprint density at radius 3 is 2.80 bits per heavy atom. The summed E-state index contributed by atoms with van der Waals surface area (Å²) in [5, 5.41) is 6.29. The Labute approximate surface area is 146 Å². The molecule has 8 heteroatoms. The number of nitrogens with one attached hydrogen (secondary N) is 2.